The Hall–Kier alpha value is -1.76. The Morgan fingerprint density at radius 1 is 1.06 bits per heavy atom. The first-order chi connectivity index (χ1) is 8.16. The SMILES string of the molecule is Cc1ccc(O)c(CC(C)c2ccccc2)c1. The molecule has 0 aliphatic carbocycles. The summed E-state index contributed by atoms with van der Waals surface area (Å²) in [5, 5.41) is 9.83. The standard InChI is InChI=1S/C16H18O/c1-12-8-9-16(17)15(10-12)11-13(2)14-6-4-3-5-7-14/h3-10,13,17H,11H2,1-2H3. The number of aromatic hydroxyl groups is 1. The predicted octanol–water partition coefficient (Wildman–Crippen LogP) is 4.05. The maximum Gasteiger partial charge on any atom is 0.118 e. The van der Waals surface area contributed by atoms with Crippen LogP contribution in [0.4, 0.5) is 0 Å². The molecule has 2 aromatic rings. The molecular weight excluding hydrogens is 208 g/mol. The van der Waals surface area contributed by atoms with E-state index >= 15 is 0 Å². The molecule has 0 saturated carbocycles. The normalized spacial score (nSPS) is 12.4. The zero-order chi connectivity index (χ0) is 12.3. The van der Waals surface area contributed by atoms with Crippen LogP contribution in [0.2, 0.25) is 0 Å². The molecule has 0 aliphatic heterocycles. The number of aryl methyl sites for hydroxylation is 1. The third kappa shape index (κ3) is 2.88. The summed E-state index contributed by atoms with van der Waals surface area (Å²) >= 11 is 0. The van der Waals surface area contributed by atoms with Crippen LogP contribution in [0.1, 0.15) is 29.5 Å². The fourth-order valence-electron chi connectivity index (χ4n) is 2.11. The van der Waals surface area contributed by atoms with Crippen molar-refractivity contribution in [1.29, 1.82) is 0 Å². The molecule has 0 saturated heterocycles. The van der Waals surface area contributed by atoms with Gasteiger partial charge in [-0.25, -0.2) is 0 Å². The molecule has 0 spiro atoms. The van der Waals surface area contributed by atoms with Gasteiger partial charge in [0, 0.05) is 0 Å². The molecule has 0 radical (unpaired) electrons. The quantitative estimate of drug-likeness (QED) is 0.837. The fourth-order valence-corrected chi connectivity index (χ4v) is 2.11. The van der Waals surface area contributed by atoms with Gasteiger partial charge in [0.05, 0.1) is 0 Å². The smallest absolute Gasteiger partial charge is 0.118 e. The summed E-state index contributed by atoms with van der Waals surface area (Å²) in [5.41, 5.74) is 3.54. The average molecular weight is 226 g/mol. The zero-order valence-corrected chi connectivity index (χ0v) is 10.4. The summed E-state index contributed by atoms with van der Waals surface area (Å²) in [6, 6.07) is 16.2. The number of hydrogen-bond donors (Lipinski definition) is 1. The Kier molecular flexibility index (Phi) is 3.48. The molecule has 1 N–H and O–H groups in total. The lowest BCUT2D eigenvalue weighted by Crippen LogP contribution is -1.98. The van der Waals surface area contributed by atoms with Gasteiger partial charge < -0.3 is 5.11 Å². The maximum absolute atomic E-state index is 9.83. The molecule has 2 rings (SSSR count). The first-order valence-corrected chi connectivity index (χ1v) is 6.00. The molecular formula is C16H18O. The lowest BCUT2D eigenvalue weighted by atomic mass is 9.93. The second kappa shape index (κ2) is 5.05. The highest BCUT2D eigenvalue weighted by molar-refractivity contribution is 5.37. The molecule has 1 nitrogen and oxygen atoms in total. The lowest BCUT2D eigenvalue weighted by Gasteiger charge is -2.13. The van der Waals surface area contributed by atoms with Crippen molar-refractivity contribution in [3.63, 3.8) is 0 Å². The molecule has 0 aromatic heterocycles. The van der Waals surface area contributed by atoms with E-state index in [-0.39, 0.29) is 0 Å². The third-order valence-corrected chi connectivity index (χ3v) is 3.13. The van der Waals surface area contributed by atoms with E-state index in [9.17, 15) is 5.11 Å². The van der Waals surface area contributed by atoms with Crippen molar-refractivity contribution in [3.8, 4) is 5.75 Å². The van der Waals surface area contributed by atoms with Crippen LogP contribution in [-0.4, -0.2) is 5.11 Å². The summed E-state index contributed by atoms with van der Waals surface area (Å²) < 4.78 is 0. The van der Waals surface area contributed by atoms with E-state index in [0.29, 0.717) is 11.7 Å². The van der Waals surface area contributed by atoms with Crippen LogP contribution in [0, 0.1) is 6.92 Å². The molecule has 0 fully saturated rings. The molecule has 17 heavy (non-hydrogen) atoms. The van der Waals surface area contributed by atoms with Crippen LogP contribution < -0.4 is 0 Å². The zero-order valence-electron chi connectivity index (χ0n) is 10.4. The molecule has 1 unspecified atom stereocenters. The van der Waals surface area contributed by atoms with Gasteiger partial charge in [-0.15, -0.1) is 0 Å². The maximum atomic E-state index is 9.83. The first-order valence-electron chi connectivity index (χ1n) is 6.00. The van der Waals surface area contributed by atoms with Crippen LogP contribution in [-0.2, 0) is 6.42 Å². The second-order valence-electron chi connectivity index (χ2n) is 4.65. The Morgan fingerprint density at radius 3 is 2.47 bits per heavy atom. The van der Waals surface area contributed by atoms with Gasteiger partial charge in [0.2, 0.25) is 0 Å². The predicted molar refractivity (Wildman–Crippen MR) is 71.4 cm³/mol. The molecule has 0 aliphatic rings. The van der Waals surface area contributed by atoms with E-state index in [1.54, 1.807) is 6.07 Å². The highest BCUT2D eigenvalue weighted by atomic mass is 16.3. The minimum Gasteiger partial charge on any atom is -0.508 e. The number of phenols is 1. The van der Waals surface area contributed by atoms with Gasteiger partial charge >= 0.3 is 0 Å². The van der Waals surface area contributed by atoms with Crippen LogP contribution in [0.5, 0.6) is 5.75 Å². The lowest BCUT2D eigenvalue weighted by molar-refractivity contribution is 0.465. The van der Waals surface area contributed by atoms with Crippen molar-refractivity contribution >= 4 is 0 Å². The Morgan fingerprint density at radius 2 is 1.76 bits per heavy atom. The van der Waals surface area contributed by atoms with Crippen molar-refractivity contribution in [2.75, 3.05) is 0 Å². The molecule has 0 heterocycles. The van der Waals surface area contributed by atoms with Crippen LogP contribution >= 0.6 is 0 Å². The summed E-state index contributed by atoms with van der Waals surface area (Å²) in [5.74, 6) is 0.822. The monoisotopic (exact) mass is 226 g/mol. The molecule has 0 amide bonds. The van der Waals surface area contributed by atoms with Crippen molar-refractivity contribution in [3.05, 3.63) is 65.2 Å². The van der Waals surface area contributed by atoms with Crippen molar-refractivity contribution in [1.82, 2.24) is 0 Å². The molecule has 88 valence electrons. The van der Waals surface area contributed by atoms with Gasteiger partial charge in [0.25, 0.3) is 0 Å². The van der Waals surface area contributed by atoms with Crippen molar-refractivity contribution < 1.29 is 5.11 Å². The summed E-state index contributed by atoms with van der Waals surface area (Å²) in [6.07, 6.45) is 0.873. The average Bonchev–Trinajstić information content (AvgIpc) is 2.35. The van der Waals surface area contributed by atoms with E-state index in [0.717, 1.165) is 12.0 Å². The van der Waals surface area contributed by atoms with Gasteiger partial charge in [-0.1, -0.05) is 55.0 Å². The van der Waals surface area contributed by atoms with E-state index < -0.39 is 0 Å². The Balaban J connectivity index is 2.18. The van der Waals surface area contributed by atoms with Gasteiger partial charge in [-0.2, -0.15) is 0 Å². The van der Waals surface area contributed by atoms with E-state index in [1.807, 2.05) is 12.1 Å². The van der Waals surface area contributed by atoms with Crippen LogP contribution in [0.3, 0.4) is 0 Å². The minimum atomic E-state index is 0.401. The largest absolute Gasteiger partial charge is 0.508 e. The molecule has 2 aromatic carbocycles. The minimum absolute atomic E-state index is 0.401. The van der Waals surface area contributed by atoms with E-state index in [4.69, 9.17) is 0 Å². The summed E-state index contributed by atoms with van der Waals surface area (Å²) in [4.78, 5) is 0. The molecule has 1 heteroatoms. The molecule has 0 bridgehead atoms. The number of benzene rings is 2. The first kappa shape index (κ1) is 11.7. The van der Waals surface area contributed by atoms with Gasteiger partial charge in [0.15, 0.2) is 0 Å². The number of rotatable bonds is 3. The fraction of sp³-hybridized carbons (Fsp3) is 0.250. The molecule has 1 atom stereocenters. The van der Waals surface area contributed by atoms with Gasteiger partial charge in [0.1, 0.15) is 5.75 Å². The highest BCUT2D eigenvalue weighted by Crippen LogP contribution is 2.26. The topological polar surface area (TPSA) is 20.2 Å². The second-order valence-corrected chi connectivity index (χ2v) is 4.65. The van der Waals surface area contributed by atoms with E-state index in [1.165, 1.54) is 11.1 Å². The summed E-state index contributed by atoms with van der Waals surface area (Å²) in [7, 11) is 0. The van der Waals surface area contributed by atoms with Crippen LogP contribution in [0.25, 0.3) is 0 Å². The van der Waals surface area contributed by atoms with Crippen LogP contribution in [0.15, 0.2) is 48.5 Å². The highest BCUT2D eigenvalue weighted by Gasteiger charge is 2.09. The summed E-state index contributed by atoms with van der Waals surface area (Å²) in [6.45, 7) is 4.24. The van der Waals surface area contributed by atoms with Gasteiger partial charge in [-0.3, -0.25) is 0 Å². The Bertz CT molecular complexity index is 488. The van der Waals surface area contributed by atoms with Crippen molar-refractivity contribution in [2.24, 2.45) is 0 Å². The van der Waals surface area contributed by atoms with Crippen molar-refractivity contribution in [2.45, 2.75) is 26.2 Å². The number of hydrogen-bond acceptors (Lipinski definition) is 1. The van der Waals surface area contributed by atoms with E-state index in [2.05, 4.69) is 44.2 Å². The number of phenolic OH excluding ortho intramolecular Hbond substituents is 1. The Labute approximate surface area is 103 Å². The third-order valence-electron chi connectivity index (χ3n) is 3.13. The van der Waals surface area contributed by atoms with Gasteiger partial charge in [-0.05, 0) is 36.5 Å².